The molecule has 0 spiro atoms. The van der Waals surface area contributed by atoms with Crippen molar-refractivity contribution in [1.29, 1.82) is 5.26 Å². The van der Waals surface area contributed by atoms with Crippen molar-refractivity contribution < 1.29 is 27.8 Å². The Balaban J connectivity index is 1.82. The van der Waals surface area contributed by atoms with E-state index in [2.05, 4.69) is 16.5 Å². The van der Waals surface area contributed by atoms with Gasteiger partial charge >= 0.3 is 6.18 Å². The number of benzene rings is 2. The predicted octanol–water partition coefficient (Wildman–Crippen LogP) is 4.30. The fourth-order valence-electron chi connectivity index (χ4n) is 4.24. The second-order valence-corrected chi connectivity index (χ2v) is 8.64. The molecule has 1 aromatic heterocycles. The topological polar surface area (TPSA) is 103 Å². The Bertz CT molecular complexity index is 1430. The van der Waals surface area contributed by atoms with E-state index < -0.39 is 28.7 Å². The predicted molar refractivity (Wildman–Crippen MR) is 126 cm³/mol. The number of halogens is 3. The van der Waals surface area contributed by atoms with E-state index in [-0.39, 0.29) is 30.6 Å². The fourth-order valence-corrected chi connectivity index (χ4v) is 4.24. The summed E-state index contributed by atoms with van der Waals surface area (Å²) in [5.74, 6) is 0.355. The highest BCUT2D eigenvalue weighted by molar-refractivity contribution is 6.10. The minimum Gasteiger partial charge on any atom is -0.475 e. The standard InChI is InChI=1S/C25H22F3N5O3/c1-14-30-21-8-7-18(11-19(21)22(31-14)36-10-9-34)33-15(2)32(23(35)24(33,3)4)17-6-5-16(13-29)20(12-17)25(26,27)28/h5-8,11-12,34H,2,9-10H2,1,3-4H3. The number of amides is 1. The van der Waals surface area contributed by atoms with Crippen LogP contribution in [-0.2, 0) is 11.0 Å². The van der Waals surface area contributed by atoms with E-state index in [1.165, 1.54) is 12.1 Å². The zero-order valence-corrected chi connectivity index (χ0v) is 19.7. The van der Waals surface area contributed by atoms with Gasteiger partial charge < -0.3 is 14.7 Å². The van der Waals surface area contributed by atoms with E-state index in [9.17, 15) is 18.0 Å². The second-order valence-electron chi connectivity index (χ2n) is 8.64. The third kappa shape index (κ3) is 4.09. The van der Waals surface area contributed by atoms with Gasteiger partial charge in [0.2, 0.25) is 5.88 Å². The molecular weight excluding hydrogens is 475 g/mol. The molecule has 0 saturated carbocycles. The summed E-state index contributed by atoms with van der Waals surface area (Å²) < 4.78 is 46.3. The number of ether oxygens (including phenoxy) is 1. The maximum absolute atomic E-state index is 13.6. The Kier molecular flexibility index (Phi) is 6.10. The van der Waals surface area contributed by atoms with Gasteiger partial charge in [0, 0.05) is 5.69 Å². The summed E-state index contributed by atoms with van der Waals surface area (Å²) in [6.07, 6.45) is -4.78. The zero-order valence-electron chi connectivity index (χ0n) is 19.7. The largest absolute Gasteiger partial charge is 0.475 e. The van der Waals surface area contributed by atoms with Gasteiger partial charge in [-0.25, -0.2) is 4.98 Å². The van der Waals surface area contributed by atoms with Crippen LogP contribution in [0.15, 0.2) is 48.8 Å². The van der Waals surface area contributed by atoms with Gasteiger partial charge in [0.05, 0.1) is 40.4 Å². The van der Waals surface area contributed by atoms with Gasteiger partial charge in [-0.3, -0.25) is 9.69 Å². The molecule has 4 rings (SSSR count). The first-order valence-corrected chi connectivity index (χ1v) is 10.9. The highest BCUT2D eigenvalue weighted by Crippen LogP contribution is 2.43. The lowest BCUT2D eigenvalue weighted by Gasteiger charge is -2.30. The number of fused-ring (bicyclic) bond motifs is 1. The minimum atomic E-state index is -4.78. The molecule has 0 unspecified atom stereocenters. The van der Waals surface area contributed by atoms with Crippen LogP contribution in [-0.4, -0.2) is 39.7 Å². The number of nitriles is 1. The van der Waals surface area contributed by atoms with E-state index >= 15 is 0 Å². The summed E-state index contributed by atoms with van der Waals surface area (Å²) in [6.45, 7) is 8.78. The van der Waals surface area contributed by atoms with Crippen LogP contribution in [0.3, 0.4) is 0 Å². The van der Waals surface area contributed by atoms with Crippen LogP contribution in [0.5, 0.6) is 5.88 Å². The molecule has 2 aromatic carbocycles. The van der Waals surface area contributed by atoms with Crippen molar-refractivity contribution in [1.82, 2.24) is 9.97 Å². The number of aliphatic hydroxyl groups excluding tert-OH is 1. The Hall–Kier alpha value is -4.17. The first-order valence-electron chi connectivity index (χ1n) is 10.9. The number of rotatable bonds is 5. The Morgan fingerprint density at radius 3 is 2.50 bits per heavy atom. The van der Waals surface area contributed by atoms with E-state index in [1.807, 2.05) is 0 Å². The molecule has 1 fully saturated rings. The average Bonchev–Trinajstić information content (AvgIpc) is 2.99. The van der Waals surface area contributed by atoms with Gasteiger partial charge in [-0.05, 0) is 57.2 Å². The fraction of sp³-hybridized carbons (Fsp3) is 0.280. The molecular formula is C25H22F3N5O3. The molecule has 11 heteroatoms. The summed E-state index contributed by atoms with van der Waals surface area (Å²) in [5.41, 5.74) is -1.86. The molecule has 1 aliphatic rings. The van der Waals surface area contributed by atoms with Crippen molar-refractivity contribution in [2.75, 3.05) is 23.0 Å². The molecule has 36 heavy (non-hydrogen) atoms. The first-order chi connectivity index (χ1) is 16.9. The molecule has 1 aliphatic heterocycles. The number of aromatic nitrogens is 2. The van der Waals surface area contributed by atoms with Crippen molar-refractivity contribution in [3.8, 4) is 11.9 Å². The van der Waals surface area contributed by atoms with Crippen molar-refractivity contribution >= 4 is 28.2 Å². The summed E-state index contributed by atoms with van der Waals surface area (Å²) in [7, 11) is 0. The second kappa shape index (κ2) is 8.80. The number of nitrogens with zero attached hydrogens (tertiary/aromatic N) is 5. The van der Waals surface area contributed by atoms with Crippen LogP contribution in [0, 0.1) is 18.3 Å². The lowest BCUT2D eigenvalue weighted by Crippen LogP contribution is -2.43. The Morgan fingerprint density at radius 2 is 1.86 bits per heavy atom. The van der Waals surface area contributed by atoms with Gasteiger partial charge in [-0.15, -0.1) is 0 Å². The SMILES string of the molecule is C=C1N(c2ccc(C#N)c(C(F)(F)F)c2)C(=O)C(C)(C)N1c1ccc2nc(C)nc(OCCO)c2c1. The van der Waals surface area contributed by atoms with E-state index in [4.69, 9.17) is 15.1 Å². The van der Waals surface area contributed by atoms with Crippen LogP contribution < -0.4 is 14.5 Å². The molecule has 0 bridgehead atoms. The molecule has 0 atom stereocenters. The Labute approximate surface area is 204 Å². The van der Waals surface area contributed by atoms with Gasteiger partial charge in [0.15, 0.2) is 0 Å². The number of aryl methyl sites for hydroxylation is 1. The third-order valence-corrected chi connectivity index (χ3v) is 5.83. The minimum absolute atomic E-state index is 0.0180. The van der Waals surface area contributed by atoms with E-state index in [1.54, 1.807) is 43.9 Å². The number of carbonyl (C=O) groups excluding carboxylic acids is 1. The lowest BCUT2D eigenvalue weighted by atomic mass is 10.0. The van der Waals surface area contributed by atoms with Crippen molar-refractivity contribution in [2.24, 2.45) is 0 Å². The molecule has 186 valence electrons. The summed E-state index contributed by atoms with van der Waals surface area (Å²) in [4.78, 5) is 24.8. The molecule has 0 aliphatic carbocycles. The summed E-state index contributed by atoms with van der Waals surface area (Å²) in [5, 5.41) is 18.8. The molecule has 8 nitrogen and oxygen atoms in total. The zero-order chi connectivity index (χ0) is 26.4. The number of aliphatic hydroxyl groups is 1. The number of carbonyl (C=O) groups is 1. The molecule has 1 N–H and O–H groups in total. The van der Waals surface area contributed by atoms with Crippen LogP contribution in [0.1, 0.15) is 30.8 Å². The Morgan fingerprint density at radius 1 is 1.17 bits per heavy atom. The third-order valence-electron chi connectivity index (χ3n) is 5.83. The smallest absolute Gasteiger partial charge is 0.417 e. The normalized spacial score (nSPS) is 15.5. The van der Waals surface area contributed by atoms with Crippen molar-refractivity contribution in [2.45, 2.75) is 32.5 Å². The molecule has 0 radical (unpaired) electrons. The summed E-state index contributed by atoms with van der Waals surface area (Å²) >= 11 is 0. The monoisotopic (exact) mass is 497 g/mol. The number of anilines is 2. The maximum atomic E-state index is 13.6. The molecule has 1 saturated heterocycles. The van der Waals surface area contributed by atoms with Crippen LogP contribution in [0.25, 0.3) is 10.9 Å². The lowest BCUT2D eigenvalue weighted by molar-refractivity contribution is -0.137. The van der Waals surface area contributed by atoms with E-state index in [0.717, 1.165) is 17.0 Å². The van der Waals surface area contributed by atoms with Crippen molar-refractivity contribution in [3.05, 3.63) is 65.7 Å². The highest BCUT2D eigenvalue weighted by Gasteiger charge is 2.49. The number of alkyl halides is 3. The van der Waals surface area contributed by atoms with Crippen LogP contribution in [0.2, 0.25) is 0 Å². The first kappa shape index (κ1) is 24.9. The molecule has 3 aromatic rings. The number of hydrogen-bond acceptors (Lipinski definition) is 7. The average molecular weight is 497 g/mol. The molecule has 2 heterocycles. The quantitative estimate of drug-likeness (QED) is 0.561. The molecule has 1 amide bonds. The van der Waals surface area contributed by atoms with Gasteiger partial charge in [0.1, 0.15) is 23.8 Å². The summed E-state index contributed by atoms with van der Waals surface area (Å²) in [6, 6.07) is 9.77. The highest BCUT2D eigenvalue weighted by atomic mass is 19.4. The van der Waals surface area contributed by atoms with Gasteiger partial charge in [-0.2, -0.15) is 23.4 Å². The van der Waals surface area contributed by atoms with Crippen molar-refractivity contribution in [3.63, 3.8) is 0 Å². The van der Waals surface area contributed by atoms with Crippen LogP contribution >= 0.6 is 0 Å². The van der Waals surface area contributed by atoms with E-state index in [0.29, 0.717) is 22.4 Å². The maximum Gasteiger partial charge on any atom is 0.417 e. The van der Waals surface area contributed by atoms with Gasteiger partial charge in [0.25, 0.3) is 5.91 Å². The van der Waals surface area contributed by atoms with Crippen LogP contribution in [0.4, 0.5) is 24.5 Å². The number of hydrogen-bond donors (Lipinski definition) is 1. The van der Waals surface area contributed by atoms with Gasteiger partial charge in [-0.1, -0.05) is 6.58 Å².